The maximum absolute atomic E-state index is 14.5. The van der Waals surface area contributed by atoms with Crippen LogP contribution in [0.5, 0.6) is 5.75 Å². The number of amides is 2. The lowest BCUT2D eigenvalue weighted by atomic mass is 9.84. The fraction of sp³-hybridized carbons (Fsp3) is 0.375. The molecule has 43 heavy (non-hydrogen) atoms. The Morgan fingerprint density at radius 3 is 2.19 bits per heavy atom. The highest BCUT2D eigenvalue weighted by Gasteiger charge is 2.41. The van der Waals surface area contributed by atoms with Crippen molar-refractivity contribution < 1.29 is 31.9 Å². The first-order valence-electron chi connectivity index (χ1n) is 14.0. The van der Waals surface area contributed by atoms with Crippen molar-refractivity contribution in [3.8, 4) is 5.75 Å². The Morgan fingerprint density at radius 2 is 1.63 bits per heavy atom. The van der Waals surface area contributed by atoms with Crippen LogP contribution in [0.25, 0.3) is 0 Å². The van der Waals surface area contributed by atoms with Gasteiger partial charge in [-0.25, -0.2) is 17.6 Å². The molecule has 0 aromatic heterocycles. The van der Waals surface area contributed by atoms with Gasteiger partial charge >= 0.3 is 6.09 Å². The van der Waals surface area contributed by atoms with Crippen LogP contribution >= 0.6 is 11.6 Å². The number of ether oxygens (including phenoxy) is 2. The number of hydrogen-bond acceptors (Lipinski definition) is 6. The van der Waals surface area contributed by atoms with Crippen molar-refractivity contribution in [2.75, 3.05) is 24.2 Å². The minimum atomic E-state index is -3.31. The van der Waals surface area contributed by atoms with Crippen LogP contribution in [0.15, 0.2) is 71.6 Å². The minimum absolute atomic E-state index is 0.00659. The van der Waals surface area contributed by atoms with Gasteiger partial charge in [-0.05, 0) is 80.4 Å². The third kappa shape index (κ3) is 8.26. The summed E-state index contributed by atoms with van der Waals surface area (Å²) in [6.07, 6.45) is 0.448. The molecule has 0 unspecified atom stereocenters. The molecule has 0 radical (unpaired) electrons. The van der Waals surface area contributed by atoms with Crippen molar-refractivity contribution in [1.29, 1.82) is 0 Å². The third-order valence-electron chi connectivity index (χ3n) is 7.15. The van der Waals surface area contributed by atoms with E-state index < -0.39 is 32.9 Å². The van der Waals surface area contributed by atoms with Crippen molar-refractivity contribution >= 4 is 39.1 Å². The maximum Gasteiger partial charge on any atom is 0.410 e. The fourth-order valence-corrected chi connectivity index (χ4v) is 5.81. The average molecular weight is 631 g/mol. The SMILES string of the molecule is CCS(=O)(=O)c1ccc(CC(=O)Nc2ccc(OC3(c4ccc(Cl)c(F)c4)CCN(C(=O)OC(C)(C)C)CC3)cc2)cc1. The van der Waals surface area contributed by atoms with Gasteiger partial charge in [0.15, 0.2) is 9.84 Å². The second-order valence-electron chi connectivity index (χ2n) is 11.5. The molecule has 0 atom stereocenters. The molecule has 1 heterocycles. The van der Waals surface area contributed by atoms with Crippen LogP contribution in [0.3, 0.4) is 0 Å². The summed E-state index contributed by atoms with van der Waals surface area (Å²) in [4.78, 5) is 27.1. The van der Waals surface area contributed by atoms with Gasteiger partial charge < -0.3 is 19.7 Å². The smallest absolute Gasteiger partial charge is 0.410 e. The molecule has 1 aliphatic heterocycles. The average Bonchev–Trinajstić information content (AvgIpc) is 2.95. The predicted molar refractivity (Wildman–Crippen MR) is 164 cm³/mol. The van der Waals surface area contributed by atoms with Gasteiger partial charge in [0.05, 0.1) is 22.1 Å². The van der Waals surface area contributed by atoms with Crippen LogP contribution < -0.4 is 10.1 Å². The molecule has 2 amide bonds. The van der Waals surface area contributed by atoms with E-state index in [2.05, 4.69) is 5.32 Å². The molecule has 3 aromatic rings. The van der Waals surface area contributed by atoms with Crippen molar-refractivity contribution in [3.63, 3.8) is 0 Å². The zero-order valence-electron chi connectivity index (χ0n) is 24.7. The molecule has 4 rings (SSSR count). The Kier molecular flexibility index (Phi) is 9.71. The van der Waals surface area contributed by atoms with E-state index in [-0.39, 0.29) is 28.0 Å². The van der Waals surface area contributed by atoms with Crippen LogP contribution in [-0.2, 0) is 31.4 Å². The minimum Gasteiger partial charge on any atom is -0.482 e. The summed E-state index contributed by atoms with van der Waals surface area (Å²) in [6.45, 7) is 7.70. The number of nitrogens with zero attached hydrogens (tertiary/aromatic N) is 1. The van der Waals surface area contributed by atoms with Crippen LogP contribution in [0.4, 0.5) is 14.9 Å². The van der Waals surface area contributed by atoms with Gasteiger partial charge in [0.1, 0.15) is 22.8 Å². The lowest BCUT2D eigenvalue weighted by Crippen LogP contribution is -2.49. The largest absolute Gasteiger partial charge is 0.482 e. The normalized spacial score (nSPS) is 15.1. The van der Waals surface area contributed by atoms with Gasteiger partial charge in [-0.3, -0.25) is 4.79 Å². The second kappa shape index (κ2) is 12.9. The van der Waals surface area contributed by atoms with E-state index in [9.17, 15) is 22.4 Å². The number of carbonyl (C=O) groups excluding carboxylic acids is 2. The number of nitrogens with one attached hydrogen (secondary N) is 1. The number of sulfone groups is 1. The highest BCUT2D eigenvalue weighted by Crippen LogP contribution is 2.39. The summed E-state index contributed by atoms with van der Waals surface area (Å²) in [6, 6.07) is 17.7. The van der Waals surface area contributed by atoms with Crippen LogP contribution in [0.2, 0.25) is 5.02 Å². The molecule has 3 aromatic carbocycles. The molecule has 11 heteroatoms. The van der Waals surface area contributed by atoms with Gasteiger partial charge in [-0.2, -0.15) is 0 Å². The summed E-state index contributed by atoms with van der Waals surface area (Å²) < 4.78 is 50.6. The van der Waals surface area contributed by atoms with Crippen LogP contribution in [-0.4, -0.2) is 49.8 Å². The van der Waals surface area contributed by atoms with Gasteiger partial charge in [-0.1, -0.05) is 36.7 Å². The van der Waals surface area contributed by atoms with E-state index in [1.807, 2.05) is 20.8 Å². The number of likely N-dealkylation sites (tertiary alicyclic amines) is 1. The molecular formula is C32H36ClFN2O6S. The number of benzene rings is 3. The standard InChI is InChI=1S/C32H36ClFN2O6S/c1-5-43(39,40)26-13-6-22(7-14-26)20-29(37)35-24-9-11-25(12-10-24)41-32(23-8-15-27(33)28(34)21-23)16-18-36(19-17-32)30(38)42-31(2,3)4/h6-15,21H,5,16-20H2,1-4H3,(H,35,37). The third-order valence-corrected chi connectivity index (χ3v) is 9.20. The number of hydrogen-bond donors (Lipinski definition) is 1. The van der Waals surface area contributed by atoms with E-state index in [0.29, 0.717) is 48.5 Å². The lowest BCUT2D eigenvalue weighted by Gasteiger charge is -2.42. The summed E-state index contributed by atoms with van der Waals surface area (Å²) in [5.41, 5.74) is 0.289. The zero-order valence-corrected chi connectivity index (χ0v) is 26.2. The molecular weight excluding hydrogens is 595 g/mol. The highest BCUT2D eigenvalue weighted by molar-refractivity contribution is 7.91. The molecule has 230 valence electrons. The summed E-state index contributed by atoms with van der Waals surface area (Å²) in [7, 11) is -3.31. The molecule has 1 N–H and O–H groups in total. The van der Waals surface area contributed by atoms with Gasteiger partial charge in [0, 0.05) is 31.6 Å². The number of carbonyl (C=O) groups is 2. The molecule has 1 fully saturated rings. The first-order valence-corrected chi connectivity index (χ1v) is 16.1. The fourth-order valence-electron chi connectivity index (χ4n) is 4.81. The van der Waals surface area contributed by atoms with Crippen molar-refractivity contribution in [1.82, 2.24) is 4.90 Å². The van der Waals surface area contributed by atoms with Gasteiger partial charge in [-0.15, -0.1) is 0 Å². The van der Waals surface area contributed by atoms with Crippen molar-refractivity contribution in [3.05, 3.63) is 88.7 Å². The zero-order chi connectivity index (χ0) is 31.4. The van der Waals surface area contributed by atoms with E-state index in [4.69, 9.17) is 21.1 Å². The van der Waals surface area contributed by atoms with Crippen molar-refractivity contribution in [2.45, 2.75) is 63.1 Å². The summed E-state index contributed by atoms with van der Waals surface area (Å²) in [5, 5.41) is 2.84. The number of anilines is 1. The molecule has 0 saturated carbocycles. The Hall–Kier alpha value is -3.63. The second-order valence-corrected chi connectivity index (χ2v) is 14.2. The van der Waals surface area contributed by atoms with Crippen LogP contribution in [0, 0.1) is 5.82 Å². The molecule has 0 spiro atoms. The first-order chi connectivity index (χ1) is 20.2. The van der Waals surface area contributed by atoms with E-state index >= 15 is 0 Å². The predicted octanol–water partition coefficient (Wildman–Crippen LogP) is 6.76. The Morgan fingerprint density at radius 1 is 1.00 bits per heavy atom. The molecule has 8 nitrogen and oxygen atoms in total. The van der Waals surface area contributed by atoms with Crippen molar-refractivity contribution in [2.24, 2.45) is 0 Å². The van der Waals surface area contributed by atoms with E-state index in [0.717, 1.165) is 0 Å². The number of piperidine rings is 1. The monoisotopic (exact) mass is 630 g/mol. The highest BCUT2D eigenvalue weighted by atomic mass is 35.5. The summed E-state index contributed by atoms with van der Waals surface area (Å²) in [5.74, 6) is -0.306. The maximum atomic E-state index is 14.5. The van der Waals surface area contributed by atoms with Gasteiger partial charge in [0.2, 0.25) is 5.91 Å². The molecule has 1 aliphatic rings. The Labute approximate surface area is 257 Å². The first kappa shape index (κ1) is 32.3. The molecule has 0 aliphatic carbocycles. The molecule has 1 saturated heterocycles. The Balaban J connectivity index is 1.45. The Bertz CT molecular complexity index is 1560. The number of rotatable bonds is 8. The molecule has 0 bridgehead atoms. The van der Waals surface area contributed by atoms with E-state index in [1.54, 1.807) is 54.3 Å². The lowest BCUT2D eigenvalue weighted by molar-refractivity contribution is -0.115. The topological polar surface area (TPSA) is 102 Å². The number of halogens is 2. The quantitative estimate of drug-likeness (QED) is 0.295. The van der Waals surface area contributed by atoms with E-state index in [1.165, 1.54) is 24.3 Å². The summed E-state index contributed by atoms with van der Waals surface area (Å²) >= 11 is 5.95. The van der Waals surface area contributed by atoms with Gasteiger partial charge in [0.25, 0.3) is 0 Å². The van der Waals surface area contributed by atoms with Crippen LogP contribution in [0.1, 0.15) is 51.7 Å².